The molecule has 24 heavy (non-hydrogen) atoms. The van der Waals surface area contributed by atoms with Crippen molar-refractivity contribution in [3.05, 3.63) is 70.8 Å². The van der Waals surface area contributed by atoms with Gasteiger partial charge in [0.25, 0.3) is 0 Å². The Hall–Kier alpha value is -1.50. The van der Waals surface area contributed by atoms with E-state index in [1.165, 1.54) is 24.3 Å². The molecule has 4 nitrogen and oxygen atoms in total. The van der Waals surface area contributed by atoms with Crippen LogP contribution in [0.3, 0.4) is 0 Å². The molecule has 0 fully saturated rings. The molecule has 0 N–H and O–H groups in total. The molecule has 0 aliphatic rings. The number of benzene rings is 2. The average Bonchev–Trinajstić information content (AvgIpc) is 2.52. The van der Waals surface area contributed by atoms with Gasteiger partial charge >= 0.3 is 59.1 Å². The maximum absolute atomic E-state index is 10.6. The second-order valence-electron chi connectivity index (χ2n) is 4.23. The monoisotopic (exact) mass is 334 g/mol. The fourth-order valence-corrected chi connectivity index (χ4v) is 1.59. The molecule has 2 aromatic carbocycles. The Bertz CT molecular complexity index is 760. The van der Waals surface area contributed by atoms with Gasteiger partial charge < -0.3 is 19.8 Å². The van der Waals surface area contributed by atoms with Crippen LogP contribution < -0.4 is 69.3 Å². The van der Waals surface area contributed by atoms with Gasteiger partial charge in [-0.15, -0.1) is 0 Å². The first-order chi connectivity index (χ1) is 10.6. The predicted molar refractivity (Wildman–Crippen MR) is 75.3 cm³/mol. The third kappa shape index (κ3) is 6.95. The van der Waals surface area contributed by atoms with E-state index in [9.17, 15) is 19.8 Å². The van der Waals surface area contributed by atoms with E-state index < -0.39 is 11.9 Å². The van der Waals surface area contributed by atoms with Gasteiger partial charge in [0.15, 0.2) is 0 Å². The third-order valence-electron chi connectivity index (χ3n) is 2.72. The Kier molecular flexibility index (Phi) is 10.4. The molecule has 0 aliphatic heterocycles. The number of carbonyl (C=O) groups is 2. The van der Waals surface area contributed by atoms with Gasteiger partial charge in [0.05, 0.1) is 11.9 Å². The molecule has 0 atom stereocenters. The minimum absolute atomic E-state index is 0. The van der Waals surface area contributed by atoms with Crippen molar-refractivity contribution in [3.8, 4) is 23.7 Å². The van der Waals surface area contributed by atoms with Crippen LogP contribution in [0.2, 0.25) is 0 Å². The standard InChI is InChI=1S/C18H10O4.2Na/c19-17(20)15-9-5-13(6-10-15)3-1-2-4-14-7-11-16(12-8-14)18(21)22;;/h5-12H,(H,19,20)(H,21,22);;/q;2*+1/p-2. The van der Waals surface area contributed by atoms with Crippen LogP contribution in [0.1, 0.15) is 31.8 Å². The zero-order valence-corrected chi connectivity index (χ0v) is 17.3. The summed E-state index contributed by atoms with van der Waals surface area (Å²) in [4.78, 5) is 21.2. The van der Waals surface area contributed by atoms with Crippen molar-refractivity contribution in [3.63, 3.8) is 0 Å². The van der Waals surface area contributed by atoms with Gasteiger partial charge in [-0.1, -0.05) is 36.1 Å². The topological polar surface area (TPSA) is 80.3 Å². The second-order valence-corrected chi connectivity index (χ2v) is 4.23. The zero-order valence-electron chi connectivity index (χ0n) is 13.3. The van der Waals surface area contributed by atoms with Crippen LogP contribution in [-0.4, -0.2) is 11.9 Å². The van der Waals surface area contributed by atoms with Crippen LogP contribution in [0, 0.1) is 23.7 Å². The number of aromatic carboxylic acids is 2. The summed E-state index contributed by atoms with van der Waals surface area (Å²) in [5, 5.41) is 21.2. The number of carboxylic acids is 2. The van der Waals surface area contributed by atoms with Crippen molar-refractivity contribution in [2.75, 3.05) is 0 Å². The molecule has 0 radical (unpaired) electrons. The van der Waals surface area contributed by atoms with E-state index in [1.54, 1.807) is 24.3 Å². The molecule has 0 heterocycles. The Morgan fingerprint density at radius 3 is 1.17 bits per heavy atom. The summed E-state index contributed by atoms with van der Waals surface area (Å²) in [6, 6.07) is 11.9. The molecule has 0 amide bonds. The molecule has 0 aliphatic carbocycles. The summed E-state index contributed by atoms with van der Waals surface area (Å²) in [6.07, 6.45) is 0. The molecule has 2 rings (SSSR count). The molecule has 2 aromatic rings. The van der Waals surface area contributed by atoms with Crippen molar-refractivity contribution in [2.45, 2.75) is 0 Å². The van der Waals surface area contributed by atoms with Crippen LogP contribution >= 0.6 is 0 Å². The maximum Gasteiger partial charge on any atom is 1.00 e. The number of carbonyl (C=O) groups excluding carboxylic acids is 2. The quantitative estimate of drug-likeness (QED) is 0.404. The Morgan fingerprint density at radius 1 is 0.625 bits per heavy atom. The normalized spacial score (nSPS) is 8.17. The first-order valence-electron chi connectivity index (χ1n) is 6.21. The van der Waals surface area contributed by atoms with Crippen LogP contribution in [0.15, 0.2) is 48.5 Å². The SMILES string of the molecule is O=C([O-])c1ccc(C#CC#Cc2ccc(C(=O)[O-])cc2)cc1.[Na+].[Na+]. The summed E-state index contributed by atoms with van der Waals surface area (Å²) in [5.74, 6) is 8.33. The Balaban J connectivity index is 0.00000264. The van der Waals surface area contributed by atoms with E-state index in [4.69, 9.17) is 0 Å². The number of carboxylic acid groups (broad SMARTS) is 2. The van der Waals surface area contributed by atoms with Gasteiger partial charge in [-0.2, -0.15) is 0 Å². The number of rotatable bonds is 2. The largest absolute Gasteiger partial charge is 1.00 e. The van der Waals surface area contributed by atoms with E-state index in [0.717, 1.165) is 0 Å². The van der Waals surface area contributed by atoms with Gasteiger partial charge in [0.1, 0.15) is 0 Å². The number of hydrogen-bond donors (Lipinski definition) is 0. The van der Waals surface area contributed by atoms with Gasteiger partial charge in [0, 0.05) is 11.1 Å². The van der Waals surface area contributed by atoms with Gasteiger partial charge in [-0.05, 0) is 47.2 Å². The molecular formula is C18H8Na2O4. The maximum atomic E-state index is 10.6. The van der Waals surface area contributed by atoms with Gasteiger partial charge in [0.2, 0.25) is 0 Å². The molecule has 0 bridgehead atoms. The Labute approximate surface area is 183 Å². The fourth-order valence-electron chi connectivity index (χ4n) is 1.59. The fraction of sp³-hybridized carbons (Fsp3) is 0. The van der Waals surface area contributed by atoms with Crippen molar-refractivity contribution in [1.82, 2.24) is 0 Å². The molecule has 0 aromatic heterocycles. The molecule has 0 saturated carbocycles. The second kappa shape index (κ2) is 11.1. The summed E-state index contributed by atoms with van der Waals surface area (Å²) in [5.41, 5.74) is 1.44. The van der Waals surface area contributed by atoms with Crippen LogP contribution in [0.5, 0.6) is 0 Å². The summed E-state index contributed by atoms with van der Waals surface area (Å²) < 4.78 is 0. The zero-order chi connectivity index (χ0) is 15.9. The van der Waals surface area contributed by atoms with Crippen LogP contribution in [-0.2, 0) is 0 Å². The van der Waals surface area contributed by atoms with Crippen molar-refractivity contribution >= 4 is 11.9 Å². The smallest absolute Gasteiger partial charge is 0.545 e. The van der Waals surface area contributed by atoms with Gasteiger partial charge in [-0.3, -0.25) is 0 Å². The molecular weight excluding hydrogens is 326 g/mol. The molecule has 0 unspecified atom stereocenters. The van der Waals surface area contributed by atoms with Crippen molar-refractivity contribution in [2.24, 2.45) is 0 Å². The Morgan fingerprint density at radius 2 is 0.917 bits per heavy atom. The van der Waals surface area contributed by atoms with Gasteiger partial charge in [-0.25, -0.2) is 0 Å². The van der Waals surface area contributed by atoms with E-state index >= 15 is 0 Å². The summed E-state index contributed by atoms with van der Waals surface area (Å²) in [6.45, 7) is 0. The minimum Gasteiger partial charge on any atom is -0.545 e. The van der Waals surface area contributed by atoms with E-state index in [1.807, 2.05) is 0 Å². The number of hydrogen-bond acceptors (Lipinski definition) is 4. The molecule has 0 saturated heterocycles. The van der Waals surface area contributed by atoms with E-state index in [2.05, 4.69) is 23.7 Å². The van der Waals surface area contributed by atoms with E-state index in [-0.39, 0.29) is 70.2 Å². The first kappa shape index (κ1) is 22.5. The summed E-state index contributed by atoms with van der Waals surface area (Å²) in [7, 11) is 0. The molecule has 0 spiro atoms. The first-order valence-corrected chi connectivity index (χ1v) is 6.21. The predicted octanol–water partition coefficient (Wildman–Crippen LogP) is -6.18. The van der Waals surface area contributed by atoms with Crippen LogP contribution in [0.4, 0.5) is 0 Å². The molecule has 6 heteroatoms. The summed E-state index contributed by atoms with van der Waals surface area (Å²) >= 11 is 0. The average molecular weight is 334 g/mol. The molecule has 106 valence electrons. The minimum atomic E-state index is -1.24. The van der Waals surface area contributed by atoms with Crippen molar-refractivity contribution < 1.29 is 78.9 Å². The van der Waals surface area contributed by atoms with Crippen molar-refractivity contribution in [1.29, 1.82) is 0 Å². The van der Waals surface area contributed by atoms with Crippen LogP contribution in [0.25, 0.3) is 0 Å². The van der Waals surface area contributed by atoms with E-state index in [0.29, 0.717) is 11.1 Å². The third-order valence-corrected chi connectivity index (χ3v) is 2.72.